The maximum Gasteiger partial charge on any atom is 0.0624 e. The summed E-state index contributed by atoms with van der Waals surface area (Å²) in [6.07, 6.45) is 3.98. The monoisotopic (exact) mass is 223 g/mol. The Labute approximate surface area is 94.9 Å². The van der Waals surface area contributed by atoms with E-state index in [2.05, 4.69) is 6.07 Å². The number of hydrogen-bond acceptors (Lipinski definition) is 3. The Morgan fingerprint density at radius 3 is 2.73 bits per heavy atom. The second-order valence-electron chi connectivity index (χ2n) is 4.00. The SMILES string of the molecule is NC(CO)c1ccccc1SC1CCC1. The Kier molecular flexibility index (Phi) is 3.67. The van der Waals surface area contributed by atoms with Crippen LogP contribution in [0.25, 0.3) is 0 Å². The Morgan fingerprint density at radius 1 is 1.40 bits per heavy atom. The van der Waals surface area contributed by atoms with E-state index in [0.29, 0.717) is 0 Å². The number of hydrogen-bond donors (Lipinski definition) is 2. The van der Waals surface area contributed by atoms with Crippen LogP contribution in [0.15, 0.2) is 29.2 Å². The molecule has 1 saturated carbocycles. The predicted molar refractivity (Wildman–Crippen MR) is 64.0 cm³/mol. The van der Waals surface area contributed by atoms with Gasteiger partial charge in [-0.25, -0.2) is 0 Å². The molecule has 0 radical (unpaired) electrons. The van der Waals surface area contributed by atoms with Gasteiger partial charge in [-0.15, -0.1) is 11.8 Å². The molecule has 1 atom stereocenters. The van der Waals surface area contributed by atoms with Gasteiger partial charge in [0.2, 0.25) is 0 Å². The Hall–Kier alpha value is -0.510. The predicted octanol–water partition coefficient (Wildman–Crippen LogP) is 2.32. The third-order valence-electron chi connectivity index (χ3n) is 2.86. The van der Waals surface area contributed by atoms with E-state index in [-0.39, 0.29) is 12.6 Å². The largest absolute Gasteiger partial charge is 0.394 e. The molecule has 1 fully saturated rings. The summed E-state index contributed by atoms with van der Waals surface area (Å²) < 4.78 is 0. The van der Waals surface area contributed by atoms with Crippen molar-refractivity contribution >= 4 is 11.8 Å². The van der Waals surface area contributed by atoms with Gasteiger partial charge in [0.15, 0.2) is 0 Å². The minimum absolute atomic E-state index is 0.0161. The van der Waals surface area contributed by atoms with E-state index >= 15 is 0 Å². The van der Waals surface area contributed by atoms with Gasteiger partial charge >= 0.3 is 0 Å². The molecule has 0 saturated heterocycles. The topological polar surface area (TPSA) is 46.2 Å². The lowest BCUT2D eigenvalue weighted by molar-refractivity contribution is 0.266. The molecule has 0 bridgehead atoms. The summed E-state index contributed by atoms with van der Waals surface area (Å²) in [5, 5.41) is 9.84. The van der Waals surface area contributed by atoms with Gasteiger partial charge in [0.25, 0.3) is 0 Å². The number of rotatable bonds is 4. The minimum Gasteiger partial charge on any atom is -0.394 e. The average Bonchev–Trinajstić information content (AvgIpc) is 2.23. The summed E-state index contributed by atoms with van der Waals surface area (Å²) in [4.78, 5) is 1.24. The van der Waals surface area contributed by atoms with Crippen LogP contribution in [0.2, 0.25) is 0 Å². The van der Waals surface area contributed by atoms with Gasteiger partial charge in [-0.05, 0) is 24.5 Å². The molecule has 1 aliphatic rings. The first-order valence-electron chi connectivity index (χ1n) is 5.43. The fourth-order valence-corrected chi connectivity index (χ4v) is 3.10. The molecule has 1 aromatic rings. The lowest BCUT2D eigenvalue weighted by Crippen LogP contribution is -2.17. The smallest absolute Gasteiger partial charge is 0.0624 e. The van der Waals surface area contributed by atoms with Crippen LogP contribution >= 0.6 is 11.8 Å². The van der Waals surface area contributed by atoms with Crippen LogP contribution in [-0.2, 0) is 0 Å². The second kappa shape index (κ2) is 5.01. The van der Waals surface area contributed by atoms with Crippen LogP contribution in [0.3, 0.4) is 0 Å². The first-order valence-corrected chi connectivity index (χ1v) is 6.31. The molecule has 0 amide bonds. The van der Waals surface area contributed by atoms with Gasteiger partial charge < -0.3 is 10.8 Å². The Morgan fingerprint density at radius 2 is 2.13 bits per heavy atom. The van der Waals surface area contributed by atoms with Crippen LogP contribution in [0.4, 0.5) is 0 Å². The zero-order chi connectivity index (χ0) is 10.7. The normalized spacial score (nSPS) is 18.5. The molecule has 0 heterocycles. The van der Waals surface area contributed by atoms with Gasteiger partial charge in [-0.3, -0.25) is 0 Å². The minimum atomic E-state index is -0.242. The maximum atomic E-state index is 9.08. The van der Waals surface area contributed by atoms with Crippen molar-refractivity contribution in [1.82, 2.24) is 0 Å². The van der Waals surface area contributed by atoms with Crippen molar-refractivity contribution in [2.24, 2.45) is 5.73 Å². The third kappa shape index (κ3) is 2.54. The molecule has 82 valence electrons. The van der Waals surface area contributed by atoms with E-state index in [1.165, 1.54) is 24.2 Å². The molecular formula is C12H17NOS. The van der Waals surface area contributed by atoms with Gasteiger partial charge in [-0.2, -0.15) is 0 Å². The van der Waals surface area contributed by atoms with Crippen molar-refractivity contribution in [2.45, 2.75) is 35.4 Å². The van der Waals surface area contributed by atoms with Crippen LogP contribution in [0, 0.1) is 0 Å². The highest BCUT2D eigenvalue weighted by Gasteiger charge is 2.20. The van der Waals surface area contributed by atoms with Crippen molar-refractivity contribution in [3.8, 4) is 0 Å². The first kappa shape index (κ1) is 11.0. The van der Waals surface area contributed by atoms with Crippen molar-refractivity contribution in [1.29, 1.82) is 0 Å². The van der Waals surface area contributed by atoms with Crippen LogP contribution in [-0.4, -0.2) is 17.0 Å². The van der Waals surface area contributed by atoms with Gasteiger partial charge in [-0.1, -0.05) is 24.6 Å². The molecule has 0 aliphatic heterocycles. The van der Waals surface area contributed by atoms with Crippen LogP contribution in [0.1, 0.15) is 30.9 Å². The van der Waals surface area contributed by atoms with Crippen LogP contribution in [0.5, 0.6) is 0 Å². The molecule has 1 unspecified atom stereocenters. The van der Waals surface area contributed by atoms with Gasteiger partial charge in [0.1, 0.15) is 0 Å². The zero-order valence-electron chi connectivity index (χ0n) is 8.73. The number of thioether (sulfide) groups is 1. The van der Waals surface area contributed by atoms with E-state index in [0.717, 1.165) is 10.8 Å². The average molecular weight is 223 g/mol. The number of benzene rings is 1. The lowest BCUT2D eigenvalue weighted by Gasteiger charge is -2.26. The summed E-state index contributed by atoms with van der Waals surface area (Å²) in [5.41, 5.74) is 6.95. The quantitative estimate of drug-likeness (QED) is 0.823. The van der Waals surface area contributed by atoms with E-state index in [1.807, 2.05) is 30.0 Å². The fraction of sp³-hybridized carbons (Fsp3) is 0.500. The van der Waals surface area contributed by atoms with E-state index < -0.39 is 0 Å². The molecule has 1 aromatic carbocycles. The molecule has 0 spiro atoms. The van der Waals surface area contributed by atoms with E-state index in [4.69, 9.17) is 10.8 Å². The zero-order valence-corrected chi connectivity index (χ0v) is 9.54. The van der Waals surface area contributed by atoms with Crippen molar-refractivity contribution < 1.29 is 5.11 Å². The summed E-state index contributed by atoms with van der Waals surface area (Å²) >= 11 is 1.91. The van der Waals surface area contributed by atoms with Crippen molar-refractivity contribution in [2.75, 3.05) is 6.61 Å². The molecular weight excluding hydrogens is 206 g/mol. The van der Waals surface area contributed by atoms with Gasteiger partial charge in [0.05, 0.1) is 12.6 Å². The highest BCUT2D eigenvalue weighted by molar-refractivity contribution is 8.00. The molecule has 1 aliphatic carbocycles. The first-order chi connectivity index (χ1) is 7.31. The molecule has 15 heavy (non-hydrogen) atoms. The molecule has 0 aromatic heterocycles. The van der Waals surface area contributed by atoms with Crippen LogP contribution < -0.4 is 5.73 Å². The summed E-state index contributed by atoms with van der Waals surface area (Å²) in [5.74, 6) is 0. The molecule has 3 heteroatoms. The van der Waals surface area contributed by atoms with E-state index in [9.17, 15) is 0 Å². The van der Waals surface area contributed by atoms with Gasteiger partial charge in [0, 0.05) is 10.1 Å². The number of aliphatic hydroxyl groups excluding tert-OH is 1. The van der Waals surface area contributed by atoms with Crippen molar-refractivity contribution in [3.05, 3.63) is 29.8 Å². The Balaban J connectivity index is 2.13. The van der Waals surface area contributed by atoms with Crippen molar-refractivity contribution in [3.63, 3.8) is 0 Å². The Bertz CT molecular complexity index is 325. The highest BCUT2D eigenvalue weighted by atomic mass is 32.2. The van der Waals surface area contributed by atoms with E-state index in [1.54, 1.807) is 0 Å². The third-order valence-corrected chi connectivity index (χ3v) is 4.29. The number of nitrogens with two attached hydrogens (primary N) is 1. The molecule has 2 nitrogen and oxygen atoms in total. The highest BCUT2D eigenvalue weighted by Crippen LogP contribution is 2.38. The molecule has 3 N–H and O–H groups in total. The lowest BCUT2D eigenvalue weighted by atomic mass is 10.00. The fourth-order valence-electron chi connectivity index (χ4n) is 1.66. The maximum absolute atomic E-state index is 9.08. The number of aliphatic hydroxyl groups is 1. The summed E-state index contributed by atoms with van der Waals surface area (Å²) in [7, 11) is 0. The summed E-state index contributed by atoms with van der Waals surface area (Å²) in [6.45, 7) is 0.0161. The second-order valence-corrected chi connectivity index (χ2v) is 5.34. The molecule has 2 rings (SSSR count). The standard InChI is InChI=1S/C12H17NOS/c13-11(8-14)10-6-1-2-7-12(10)15-9-4-3-5-9/h1-2,6-7,9,11,14H,3-5,8,13H2. The summed E-state index contributed by atoms with van der Waals surface area (Å²) in [6, 6.07) is 7.90.